The second kappa shape index (κ2) is 8.62. The molecule has 2 aromatic rings. The first-order valence-corrected chi connectivity index (χ1v) is 8.22. The highest BCUT2D eigenvalue weighted by atomic mass is 32.1. The number of methoxy groups -OCH3 is 1. The van der Waals surface area contributed by atoms with Crippen molar-refractivity contribution in [3.63, 3.8) is 0 Å². The standard InChI is InChI=1S/C16H13F3N2O5S/c1-25-13(23)6-11-8-27-15(20-11)21-12(22)7-26-14(24)9-3-2-4-10(5-9)16(17,18)19/h2-5,8H,6-7H2,1H3,(H,20,21,22). The number of hydrogen-bond acceptors (Lipinski definition) is 7. The van der Waals surface area contributed by atoms with Crippen LogP contribution in [-0.2, 0) is 31.7 Å². The summed E-state index contributed by atoms with van der Waals surface area (Å²) in [6.07, 6.45) is -4.66. The van der Waals surface area contributed by atoms with E-state index in [1.54, 1.807) is 5.38 Å². The smallest absolute Gasteiger partial charge is 0.416 e. The van der Waals surface area contributed by atoms with Gasteiger partial charge in [0.25, 0.3) is 5.91 Å². The zero-order valence-corrected chi connectivity index (χ0v) is 14.6. The molecule has 144 valence electrons. The van der Waals surface area contributed by atoms with Crippen molar-refractivity contribution in [2.75, 3.05) is 19.0 Å². The lowest BCUT2D eigenvalue weighted by molar-refractivity contribution is -0.140. The molecule has 1 aromatic carbocycles. The van der Waals surface area contributed by atoms with Crippen molar-refractivity contribution in [3.05, 3.63) is 46.5 Å². The summed E-state index contributed by atoms with van der Waals surface area (Å²) in [5.74, 6) is -2.29. The zero-order valence-electron chi connectivity index (χ0n) is 13.8. The third-order valence-electron chi connectivity index (χ3n) is 3.11. The van der Waals surface area contributed by atoms with Gasteiger partial charge in [-0.05, 0) is 18.2 Å². The van der Waals surface area contributed by atoms with Crippen LogP contribution in [0.3, 0.4) is 0 Å². The van der Waals surface area contributed by atoms with Gasteiger partial charge in [0.15, 0.2) is 11.7 Å². The summed E-state index contributed by atoms with van der Waals surface area (Å²) in [7, 11) is 1.23. The van der Waals surface area contributed by atoms with Crippen molar-refractivity contribution >= 4 is 34.3 Å². The van der Waals surface area contributed by atoms with Gasteiger partial charge in [0, 0.05) is 5.38 Å². The molecule has 0 aliphatic carbocycles. The number of ether oxygens (including phenoxy) is 2. The predicted molar refractivity (Wildman–Crippen MR) is 88.2 cm³/mol. The van der Waals surface area contributed by atoms with Crippen LogP contribution in [0.25, 0.3) is 0 Å². The van der Waals surface area contributed by atoms with E-state index in [1.807, 2.05) is 0 Å². The van der Waals surface area contributed by atoms with E-state index in [9.17, 15) is 27.6 Å². The zero-order chi connectivity index (χ0) is 20.0. The maximum atomic E-state index is 12.6. The molecule has 27 heavy (non-hydrogen) atoms. The molecule has 1 amide bonds. The van der Waals surface area contributed by atoms with Gasteiger partial charge in [-0.1, -0.05) is 6.07 Å². The highest BCUT2D eigenvalue weighted by Crippen LogP contribution is 2.29. The Bertz CT molecular complexity index is 851. The van der Waals surface area contributed by atoms with Crippen LogP contribution in [0, 0.1) is 0 Å². The van der Waals surface area contributed by atoms with E-state index in [0.29, 0.717) is 11.8 Å². The molecule has 0 aliphatic rings. The summed E-state index contributed by atoms with van der Waals surface area (Å²) in [4.78, 5) is 38.7. The highest BCUT2D eigenvalue weighted by Gasteiger charge is 2.31. The van der Waals surface area contributed by atoms with Crippen molar-refractivity contribution < 1.29 is 37.0 Å². The quantitative estimate of drug-likeness (QED) is 0.747. The van der Waals surface area contributed by atoms with E-state index in [-0.39, 0.29) is 17.1 Å². The van der Waals surface area contributed by atoms with Gasteiger partial charge in [-0.25, -0.2) is 9.78 Å². The van der Waals surface area contributed by atoms with Crippen molar-refractivity contribution in [1.29, 1.82) is 0 Å². The maximum Gasteiger partial charge on any atom is 0.416 e. The summed E-state index contributed by atoms with van der Waals surface area (Å²) >= 11 is 1.05. The van der Waals surface area contributed by atoms with Gasteiger partial charge in [-0.2, -0.15) is 13.2 Å². The van der Waals surface area contributed by atoms with Crippen molar-refractivity contribution in [1.82, 2.24) is 4.98 Å². The largest absolute Gasteiger partial charge is 0.469 e. The average Bonchev–Trinajstić information content (AvgIpc) is 3.05. The molecular formula is C16H13F3N2O5S. The SMILES string of the molecule is COC(=O)Cc1csc(NC(=O)COC(=O)c2cccc(C(F)(F)F)c2)n1. The van der Waals surface area contributed by atoms with Crippen LogP contribution in [0.1, 0.15) is 21.6 Å². The molecule has 0 saturated heterocycles. The van der Waals surface area contributed by atoms with Crippen LogP contribution in [0.2, 0.25) is 0 Å². The number of carbonyl (C=O) groups excluding carboxylic acids is 3. The molecular weight excluding hydrogens is 389 g/mol. The molecule has 0 radical (unpaired) electrons. The monoisotopic (exact) mass is 402 g/mol. The minimum absolute atomic E-state index is 0.0621. The van der Waals surface area contributed by atoms with E-state index in [4.69, 9.17) is 4.74 Å². The Labute approximate surface area is 155 Å². The minimum atomic E-state index is -4.60. The predicted octanol–water partition coefficient (Wildman–Crippen LogP) is 2.67. The van der Waals surface area contributed by atoms with Gasteiger partial charge in [0.2, 0.25) is 0 Å². The first-order chi connectivity index (χ1) is 12.7. The van der Waals surface area contributed by atoms with Crippen LogP contribution < -0.4 is 5.32 Å². The van der Waals surface area contributed by atoms with Crippen LogP contribution in [-0.4, -0.2) is 36.5 Å². The number of thiazole rings is 1. The van der Waals surface area contributed by atoms with E-state index in [2.05, 4.69) is 15.0 Å². The Hall–Kier alpha value is -2.95. The molecule has 1 heterocycles. The third kappa shape index (κ3) is 6.06. The Balaban J connectivity index is 1.88. The first-order valence-electron chi connectivity index (χ1n) is 7.34. The number of alkyl halides is 3. The fraction of sp³-hybridized carbons (Fsp3) is 0.250. The average molecular weight is 402 g/mol. The number of halogens is 3. The van der Waals surface area contributed by atoms with Crippen LogP contribution >= 0.6 is 11.3 Å². The van der Waals surface area contributed by atoms with Crippen molar-refractivity contribution in [3.8, 4) is 0 Å². The Morgan fingerprint density at radius 3 is 2.67 bits per heavy atom. The number of nitrogens with one attached hydrogen (secondary N) is 1. The molecule has 0 unspecified atom stereocenters. The molecule has 0 atom stereocenters. The number of esters is 2. The van der Waals surface area contributed by atoms with Gasteiger partial charge in [0.05, 0.1) is 30.4 Å². The summed E-state index contributed by atoms with van der Waals surface area (Å²) in [5, 5.41) is 4.07. The second-order valence-corrected chi connectivity index (χ2v) is 5.96. The van der Waals surface area contributed by atoms with Crippen molar-refractivity contribution in [2.24, 2.45) is 0 Å². The number of nitrogens with zero attached hydrogens (tertiary/aromatic N) is 1. The number of benzene rings is 1. The Kier molecular flexibility index (Phi) is 6.50. The molecule has 1 N–H and O–H groups in total. The molecule has 0 fully saturated rings. The van der Waals surface area contributed by atoms with Crippen molar-refractivity contribution in [2.45, 2.75) is 12.6 Å². The number of aromatic nitrogens is 1. The lowest BCUT2D eigenvalue weighted by Gasteiger charge is -2.08. The number of hydrogen-bond donors (Lipinski definition) is 1. The summed E-state index contributed by atoms with van der Waals surface area (Å²) in [6, 6.07) is 3.67. The van der Waals surface area contributed by atoms with Gasteiger partial charge < -0.3 is 9.47 Å². The molecule has 11 heteroatoms. The van der Waals surface area contributed by atoms with Gasteiger partial charge in [-0.3, -0.25) is 14.9 Å². The molecule has 0 saturated carbocycles. The Morgan fingerprint density at radius 2 is 2.00 bits per heavy atom. The molecule has 0 spiro atoms. The third-order valence-corrected chi connectivity index (χ3v) is 3.92. The van der Waals surface area contributed by atoms with Crippen LogP contribution in [0.4, 0.5) is 18.3 Å². The minimum Gasteiger partial charge on any atom is -0.469 e. The summed E-state index contributed by atoms with van der Waals surface area (Å²) in [6.45, 7) is -0.707. The topological polar surface area (TPSA) is 94.6 Å². The molecule has 0 aliphatic heterocycles. The number of anilines is 1. The fourth-order valence-electron chi connectivity index (χ4n) is 1.86. The van der Waals surface area contributed by atoms with E-state index < -0.39 is 36.2 Å². The van der Waals surface area contributed by atoms with Crippen LogP contribution in [0.15, 0.2) is 29.6 Å². The van der Waals surface area contributed by atoms with Gasteiger partial charge in [0.1, 0.15) is 0 Å². The molecule has 7 nitrogen and oxygen atoms in total. The van der Waals surface area contributed by atoms with E-state index in [0.717, 1.165) is 29.5 Å². The van der Waals surface area contributed by atoms with E-state index >= 15 is 0 Å². The Morgan fingerprint density at radius 1 is 1.26 bits per heavy atom. The number of rotatable bonds is 6. The van der Waals surface area contributed by atoms with E-state index in [1.165, 1.54) is 7.11 Å². The second-order valence-electron chi connectivity index (χ2n) is 5.10. The first kappa shape index (κ1) is 20.4. The van der Waals surface area contributed by atoms with Gasteiger partial charge >= 0.3 is 18.1 Å². The number of amides is 1. The summed E-state index contributed by atoms with van der Waals surface area (Å²) in [5.41, 5.74) is -0.933. The van der Waals surface area contributed by atoms with Gasteiger partial charge in [-0.15, -0.1) is 11.3 Å². The normalized spacial score (nSPS) is 11.0. The molecule has 0 bridgehead atoms. The fourth-order valence-corrected chi connectivity index (χ4v) is 2.58. The number of carbonyl (C=O) groups is 3. The molecule has 2 rings (SSSR count). The lowest BCUT2D eigenvalue weighted by atomic mass is 10.1. The summed E-state index contributed by atoms with van der Waals surface area (Å²) < 4.78 is 47.1. The lowest BCUT2D eigenvalue weighted by Crippen LogP contribution is -2.21. The maximum absolute atomic E-state index is 12.6. The van der Waals surface area contributed by atoms with Crippen LogP contribution in [0.5, 0.6) is 0 Å². The molecule has 1 aromatic heterocycles. The highest BCUT2D eigenvalue weighted by molar-refractivity contribution is 7.13.